The fourth-order valence-electron chi connectivity index (χ4n) is 1.50. The molecule has 92 valence electrons. The zero-order chi connectivity index (χ0) is 13.8. The second kappa shape index (κ2) is 5.63. The van der Waals surface area contributed by atoms with Gasteiger partial charge in [-0.05, 0) is 30.3 Å². The van der Waals surface area contributed by atoms with E-state index in [1.165, 1.54) is 6.08 Å². The summed E-state index contributed by atoms with van der Waals surface area (Å²) in [6.45, 7) is 0. The minimum atomic E-state index is -0.0249. The lowest BCUT2D eigenvalue weighted by atomic mass is 10.2. The Hall–Kier alpha value is -2.20. The highest BCUT2D eigenvalue weighted by Crippen LogP contribution is 2.31. The molecule has 0 aliphatic carbocycles. The lowest BCUT2D eigenvalue weighted by Crippen LogP contribution is -1.76. The summed E-state index contributed by atoms with van der Waals surface area (Å²) in [4.78, 5) is 0. The fourth-order valence-corrected chi connectivity index (χ4v) is 2.00. The van der Waals surface area contributed by atoms with Crippen molar-refractivity contribution >= 4 is 29.3 Å². The number of benzene rings is 1. The summed E-state index contributed by atoms with van der Waals surface area (Å²) in [5.74, 6) is 0.960. The molecule has 19 heavy (non-hydrogen) atoms. The molecular weight excluding hydrogens is 283 g/mol. The van der Waals surface area contributed by atoms with E-state index in [1.54, 1.807) is 42.5 Å². The highest BCUT2D eigenvalue weighted by Gasteiger charge is 2.08. The van der Waals surface area contributed by atoms with Crippen molar-refractivity contribution in [2.45, 2.75) is 0 Å². The van der Waals surface area contributed by atoms with E-state index in [0.717, 1.165) is 0 Å². The van der Waals surface area contributed by atoms with Gasteiger partial charge in [-0.2, -0.15) is 10.5 Å². The normalized spacial score (nSPS) is 9.47. The predicted molar refractivity (Wildman–Crippen MR) is 73.4 cm³/mol. The van der Waals surface area contributed by atoms with Crippen LogP contribution in [0.15, 0.2) is 40.3 Å². The van der Waals surface area contributed by atoms with Crippen molar-refractivity contribution in [3.05, 3.63) is 51.7 Å². The zero-order valence-corrected chi connectivity index (χ0v) is 11.0. The molecule has 2 rings (SSSR count). The van der Waals surface area contributed by atoms with Gasteiger partial charge in [0.05, 0.1) is 5.02 Å². The summed E-state index contributed by atoms with van der Waals surface area (Å²) >= 11 is 11.9. The number of nitrogens with zero attached hydrogens (tertiary/aromatic N) is 2. The Morgan fingerprint density at radius 1 is 1.11 bits per heavy atom. The largest absolute Gasteiger partial charge is 0.457 e. The topological polar surface area (TPSA) is 60.7 Å². The van der Waals surface area contributed by atoms with Crippen molar-refractivity contribution in [2.75, 3.05) is 0 Å². The van der Waals surface area contributed by atoms with Gasteiger partial charge in [0, 0.05) is 16.7 Å². The number of nitriles is 2. The average Bonchev–Trinajstić information content (AvgIpc) is 2.84. The van der Waals surface area contributed by atoms with E-state index < -0.39 is 0 Å². The molecule has 0 radical (unpaired) electrons. The van der Waals surface area contributed by atoms with E-state index in [1.807, 2.05) is 0 Å². The number of rotatable bonds is 2. The Kier molecular flexibility index (Phi) is 3.92. The number of furan rings is 1. The number of hydrogen-bond acceptors (Lipinski definition) is 3. The number of allylic oxidation sites excluding steroid dienone is 1. The molecule has 1 aromatic carbocycles. The van der Waals surface area contributed by atoms with Crippen molar-refractivity contribution in [2.24, 2.45) is 0 Å². The van der Waals surface area contributed by atoms with Crippen molar-refractivity contribution in [3.8, 4) is 23.5 Å². The zero-order valence-electron chi connectivity index (χ0n) is 9.52. The Morgan fingerprint density at radius 2 is 1.84 bits per heavy atom. The molecule has 0 N–H and O–H groups in total. The first-order valence-corrected chi connectivity index (χ1v) is 5.97. The van der Waals surface area contributed by atoms with Gasteiger partial charge in [-0.15, -0.1) is 0 Å². The molecule has 1 aromatic heterocycles. The molecule has 5 heteroatoms. The van der Waals surface area contributed by atoms with Crippen LogP contribution in [0.3, 0.4) is 0 Å². The Bertz CT molecular complexity index is 717. The van der Waals surface area contributed by atoms with Gasteiger partial charge in [0.1, 0.15) is 29.2 Å². The quantitative estimate of drug-likeness (QED) is 0.754. The molecule has 0 atom stereocenters. The van der Waals surface area contributed by atoms with Gasteiger partial charge in [0.2, 0.25) is 0 Å². The van der Waals surface area contributed by atoms with Gasteiger partial charge in [-0.1, -0.05) is 23.2 Å². The lowest BCUT2D eigenvalue weighted by Gasteiger charge is -2.00. The average molecular weight is 289 g/mol. The molecule has 0 spiro atoms. The van der Waals surface area contributed by atoms with E-state index in [0.29, 0.717) is 27.1 Å². The molecule has 0 saturated carbocycles. The number of halogens is 2. The van der Waals surface area contributed by atoms with Crippen LogP contribution in [0.25, 0.3) is 17.4 Å². The van der Waals surface area contributed by atoms with Crippen LogP contribution in [0.4, 0.5) is 0 Å². The third-order valence-electron chi connectivity index (χ3n) is 2.35. The maximum Gasteiger partial charge on any atom is 0.136 e. The van der Waals surface area contributed by atoms with Gasteiger partial charge >= 0.3 is 0 Å². The van der Waals surface area contributed by atoms with Crippen molar-refractivity contribution < 1.29 is 4.42 Å². The van der Waals surface area contributed by atoms with Crippen LogP contribution in [0.5, 0.6) is 0 Å². The SMILES string of the molecule is N#CC(C#N)=Cc1ccc(-c2ccc(Cl)cc2Cl)o1. The van der Waals surface area contributed by atoms with Crippen molar-refractivity contribution in [1.82, 2.24) is 0 Å². The molecule has 1 heterocycles. The van der Waals surface area contributed by atoms with Crippen molar-refractivity contribution in [3.63, 3.8) is 0 Å². The molecule has 0 aliphatic rings. The smallest absolute Gasteiger partial charge is 0.136 e. The van der Waals surface area contributed by atoms with E-state index in [-0.39, 0.29) is 5.57 Å². The third-order valence-corrected chi connectivity index (χ3v) is 2.90. The molecule has 2 aromatic rings. The fraction of sp³-hybridized carbons (Fsp3) is 0. The second-order valence-electron chi connectivity index (χ2n) is 3.61. The molecule has 0 aliphatic heterocycles. The first-order valence-electron chi connectivity index (χ1n) is 5.21. The van der Waals surface area contributed by atoms with Crippen LogP contribution in [0, 0.1) is 22.7 Å². The Balaban J connectivity index is 2.40. The van der Waals surface area contributed by atoms with Crippen LogP contribution in [0.1, 0.15) is 5.76 Å². The van der Waals surface area contributed by atoms with Gasteiger partial charge in [-0.25, -0.2) is 0 Å². The highest BCUT2D eigenvalue weighted by atomic mass is 35.5. The van der Waals surface area contributed by atoms with Crippen LogP contribution >= 0.6 is 23.2 Å². The summed E-state index contributed by atoms with van der Waals surface area (Å²) in [5, 5.41) is 18.3. The molecule has 0 fully saturated rings. The van der Waals surface area contributed by atoms with E-state index in [9.17, 15) is 0 Å². The summed E-state index contributed by atoms with van der Waals surface area (Å²) in [7, 11) is 0. The molecule has 0 bridgehead atoms. The molecule has 3 nitrogen and oxygen atoms in total. The van der Waals surface area contributed by atoms with E-state index >= 15 is 0 Å². The predicted octanol–water partition coefficient (Wildman–Crippen LogP) is 4.68. The summed E-state index contributed by atoms with van der Waals surface area (Å²) in [6, 6.07) is 12.0. The van der Waals surface area contributed by atoms with Crippen LogP contribution < -0.4 is 0 Å². The highest BCUT2D eigenvalue weighted by molar-refractivity contribution is 6.36. The number of hydrogen-bond donors (Lipinski definition) is 0. The van der Waals surface area contributed by atoms with Crippen molar-refractivity contribution in [1.29, 1.82) is 10.5 Å². The maximum absolute atomic E-state index is 8.67. The van der Waals surface area contributed by atoms with Gasteiger partial charge in [0.15, 0.2) is 0 Å². The first-order chi connectivity index (χ1) is 9.13. The minimum Gasteiger partial charge on any atom is -0.457 e. The molecule has 0 unspecified atom stereocenters. The van der Waals surface area contributed by atoms with Gasteiger partial charge in [0.25, 0.3) is 0 Å². The Labute approximate surface area is 119 Å². The standard InChI is InChI=1S/C14H6Cl2N2O/c15-10-1-3-12(13(16)6-10)14-4-2-11(19-14)5-9(7-17)8-18/h1-6H. The van der Waals surface area contributed by atoms with Gasteiger partial charge < -0.3 is 4.42 Å². The summed E-state index contributed by atoms with van der Waals surface area (Å²) in [5.41, 5.74) is 0.671. The van der Waals surface area contributed by atoms with Crippen LogP contribution in [-0.4, -0.2) is 0 Å². The van der Waals surface area contributed by atoms with Gasteiger partial charge in [-0.3, -0.25) is 0 Å². The third kappa shape index (κ3) is 2.98. The molecule has 0 amide bonds. The van der Waals surface area contributed by atoms with E-state index in [2.05, 4.69) is 0 Å². The lowest BCUT2D eigenvalue weighted by molar-refractivity contribution is 0.571. The monoisotopic (exact) mass is 288 g/mol. The van der Waals surface area contributed by atoms with Crippen LogP contribution in [0.2, 0.25) is 10.0 Å². The first kappa shape index (κ1) is 13.2. The van der Waals surface area contributed by atoms with E-state index in [4.69, 9.17) is 38.1 Å². The minimum absolute atomic E-state index is 0.0249. The van der Waals surface area contributed by atoms with Crippen LogP contribution in [-0.2, 0) is 0 Å². The Morgan fingerprint density at radius 3 is 2.47 bits per heavy atom. The summed E-state index contributed by atoms with van der Waals surface area (Å²) in [6.07, 6.45) is 1.37. The maximum atomic E-state index is 8.67. The summed E-state index contributed by atoms with van der Waals surface area (Å²) < 4.78 is 5.52. The molecule has 0 saturated heterocycles. The molecular formula is C14H6Cl2N2O. The second-order valence-corrected chi connectivity index (χ2v) is 4.45.